The van der Waals surface area contributed by atoms with Crippen molar-refractivity contribution in [3.05, 3.63) is 29.8 Å². The van der Waals surface area contributed by atoms with Gasteiger partial charge in [0.15, 0.2) is 0 Å². The molecule has 1 fully saturated rings. The molecule has 1 aliphatic rings. The second kappa shape index (κ2) is 4.04. The van der Waals surface area contributed by atoms with Crippen LogP contribution >= 0.6 is 12.2 Å². The van der Waals surface area contributed by atoms with E-state index in [9.17, 15) is 8.42 Å². The fourth-order valence-corrected chi connectivity index (χ4v) is 3.07. The van der Waals surface area contributed by atoms with Crippen LogP contribution in [0.3, 0.4) is 0 Å². The number of sulfonamides is 1. The molecule has 0 radical (unpaired) electrons. The van der Waals surface area contributed by atoms with E-state index in [1.54, 1.807) is 12.1 Å². The van der Waals surface area contributed by atoms with Crippen LogP contribution in [0.5, 0.6) is 0 Å². The Morgan fingerprint density at radius 1 is 1.35 bits per heavy atom. The fraction of sp³-hybridized carbons (Fsp3) is 0.364. The van der Waals surface area contributed by atoms with E-state index in [1.807, 2.05) is 6.92 Å². The maximum absolute atomic E-state index is 12.0. The van der Waals surface area contributed by atoms with E-state index in [4.69, 9.17) is 18.0 Å². The zero-order valence-corrected chi connectivity index (χ0v) is 11.1. The molecule has 0 spiro atoms. The van der Waals surface area contributed by atoms with E-state index in [0.29, 0.717) is 5.56 Å². The molecular formula is C11H14N2O2S2. The predicted molar refractivity (Wildman–Crippen MR) is 70.3 cm³/mol. The second-order valence-electron chi connectivity index (χ2n) is 4.55. The van der Waals surface area contributed by atoms with Crippen molar-refractivity contribution in [3.8, 4) is 0 Å². The molecule has 0 saturated heterocycles. The first-order valence-electron chi connectivity index (χ1n) is 5.26. The number of benzene rings is 1. The van der Waals surface area contributed by atoms with Crippen molar-refractivity contribution in [3.63, 3.8) is 0 Å². The van der Waals surface area contributed by atoms with Crippen LogP contribution in [0.1, 0.15) is 25.3 Å². The van der Waals surface area contributed by atoms with Crippen molar-refractivity contribution in [2.75, 3.05) is 0 Å². The lowest BCUT2D eigenvalue weighted by molar-refractivity contribution is 0.558. The third-order valence-electron chi connectivity index (χ3n) is 2.83. The third kappa shape index (κ3) is 2.83. The Kier molecular flexibility index (Phi) is 2.97. The average molecular weight is 270 g/mol. The maximum atomic E-state index is 12.0. The van der Waals surface area contributed by atoms with Crippen LogP contribution < -0.4 is 10.5 Å². The Balaban J connectivity index is 2.24. The lowest BCUT2D eigenvalue weighted by Crippen LogP contribution is -2.34. The Morgan fingerprint density at radius 2 is 1.88 bits per heavy atom. The van der Waals surface area contributed by atoms with Crippen LogP contribution in [-0.2, 0) is 10.0 Å². The van der Waals surface area contributed by atoms with Gasteiger partial charge in [0.1, 0.15) is 4.99 Å². The van der Waals surface area contributed by atoms with Crippen LogP contribution in [0.2, 0.25) is 0 Å². The molecule has 92 valence electrons. The quantitative estimate of drug-likeness (QED) is 0.805. The fourth-order valence-electron chi connectivity index (χ4n) is 1.47. The molecule has 2 rings (SSSR count). The van der Waals surface area contributed by atoms with E-state index < -0.39 is 10.0 Å². The topological polar surface area (TPSA) is 72.2 Å². The van der Waals surface area contributed by atoms with Gasteiger partial charge in [-0.2, -0.15) is 0 Å². The Bertz CT molecular complexity index is 545. The molecule has 0 atom stereocenters. The molecule has 0 bridgehead atoms. The lowest BCUT2D eigenvalue weighted by Gasteiger charge is -2.12. The highest BCUT2D eigenvalue weighted by atomic mass is 32.2. The van der Waals surface area contributed by atoms with Gasteiger partial charge in [-0.25, -0.2) is 13.1 Å². The zero-order chi connectivity index (χ0) is 12.7. The zero-order valence-electron chi connectivity index (χ0n) is 9.43. The summed E-state index contributed by atoms with van der Waals surface area (Å²) in [6.07, 6.45) is 1.77. The number of nitrogens with one attached hydrogen (secondary N) is 1. The van der Waals surface area contributed by atoms with Crippen molar-refractivity contribution < 1.29 is 8.42 Å². The van der Waals surface area contributed by atoms with Gasteiger partial charge in [0.25, 0.3) is 0 Å². The molecule has 0 aromatic heterocycles. The number of hydrogen-bond donors (Lipinski definition) is 2. The molecule has 4 nitrogen and oxygen atoms in total. The summed E-state index contributed by atoms with van der Waals surface area (Å²) in [4.78, 5) is 0.502. The van der Waals surface area contributed by atoms with E-state index in [2.05, 4.69) is 4.72 Å². The van der Waals surface area contributed by atoms with Crippen molar-refractivity contribution in [1.82, 2.24) is 4.72 Å². The van der Waals surface area contributed by atoms with Crippen LogP contribution in [0.4, 0.5) is 0 Å². The molecule has 1 saturated carbocycles. The van der Waals surface area contributed by atoms with Gasteiger partial charge in [-0.15, -0.1) is 0 Å². The van der Waals surface area contributed by atoms with E-state index in [1.165, 1.54) is 12.1 Å². The van der Waals surface area contributed by atoms with Gasteiger partial charge in [-0.3, -0.25) is 0 Å². The standard InChI is InChI=1S/C11H14N2O2S2/c1-11(6-7-11)13-17(14,15)9-4-2-8(3-5-9)10(12)16/h2-5,13H,6-7H2,1H3,(H2,12,16). The van der Waals surface area contributed by atoms with Gasteiger partial charge >= 0.3 is 0 Å². The number of hydrogen-bond acceptors (Lipinski definition) is 3. The molecule has 1 aromatic carbocycles. The first-order chi connectivity index (χ1) is 7.82. The third-order valence-corrected chi connectivity index (χ3v) is 4.72. The van der Waals surface area contributed by atoms with E-state index in [0.717, 1.165) is 12.8 Å². The van der Waals surface area contributed by atoms with Gasteiger partial charge in [0.2, 0.25) is 10.0 Å². The van der Waals surface area contributed by atoms with Gasteiger partial charge in [0.05, 0.1) is 4.90 Å². The van der Waals surface area contributed by atoms with Crippen molar-refractivity contribution in [2.24, 2.45) is 5.73 Å². The van der Waals surface area contributed by atoms with Crippen LogP contribution in [0.15, 0.2) is 29.2 Å². The highest BCUT2D eigenvalue weighted by molar-refractivity contribution is 7.89. The molecular weight excluding hydrogens is 256 g/mol. The van der Waals surface area contributed by atoms with Gasteiger partial charge in [-0.1, -0.05) is 24.4 Å². The van der Waals surface area contributed by atoms with Crippen molar-refractivity contribution in [1.29, 1.82) is 0 Å². The smallest absolute Gasteiger partial charge is 0.241 e. The Labute approximate surface area is 106 Å². The molecule has 17 heavy (non-hydrogen) atoms. The van der Waals surface area contributed by atoms with Gasteiger partial charge < -0.3 is 5.73 Å². The maximum Gasteiger partial charge on any atom is 0.241 e. The summed E-state index contributed by atoms with van der Waals surface area (Å²) < 4.78 is 26.7. The normalized spacial score (nSPS) is 17.7. The molecule has 3 N–H and O–H groups in total. The summed E-state index contributed by atoms with van der Waals surface area (Å²) in [5, 5.41) is 0. The van der Waals surface area contributed by atoms with Crippen LogP contribution in [0.25, 0.3) is 0 Å². The first kappa shape index (κ1) is 12.5. The second-order valence-corrected chi connectivity index (χ2v) is 6.68. The number of thiocarbonyl (C=S) groups is 1. The minimum Gasteiger partial charge on any atom is -0.389 e. The molecule has 1 aromatic rings. The highest BCUT2D eigenvalue weighted by Crippen LogP contribution is 2.35. The number of nitrogens with two attached hydrogens (primary N) is 1. The minimum absolute atomic E-state index is 0.241. The SMILES string of the molecule is CC1(NS(=O)(=O)c2ccc(C(N)=S)cc2)CC1. The van der Waals surface area contributed by atoms with E-state index >= 15 is 0 Å². The summed E-state index contributed by atoms with van der Waals surface area (Å²) in [7, 11) is -3.43. The summed E-state index contributed by atoms with van der Waals surface area (Å²) >= 11 is 4.81. The molecule has 1 aliphatic carbocycles. The first-order valence-corrected chi connectivity index (χ1v) is 7.15. The van der Waals surface area contributed by atoms with Crippen molar-refractivity contribution in [2.45, 2.75) is 30.2 Å². The lowest BCUT2D eigenvalue weighted by atomic mass is 10.2. The molecule has 0 unspecified atom stereocenters. The van der Waals surface area contributed by atoms with Gasteiger partial charge in [0, 0.05) is 11.1 Å². The van der Waals surface area contributed by atoms with Gasteiger partial charge in [-0.05, 0) is 31.9 Å². The Hall–Kier alpha value is -0.980. The molecule has 0 heterocycles. The number of rotatable bonds is 4. The predicted octanol–water partition coefficient (Wildman–Crippen LogP) is 1.15. The largest absolute Gasteiger partial charge is 0.389 e. The molecule has 0 amide bonds. The summed E-state index contributed by atoms with van der Waals surface area (Å²) in [5.74, 6) is 0. The minimum atomic E-state index is -3.43. The monoisotopic (exact) mass is 270 g/mol. The van der Waals surface area contributed by atoms with Crippen LogP contribution in [-0.4, -0.2) is 18.9 Å². The molecule has 6 heteroatoms. The summed E-state index contributed by atoms with van der Waals surface area (Å²) in [6, 6.07) is 6.27. The highest BCUT2D eigenvalue weighted by Gasteiger charge is 2.41. The Morgan fingerprint density at radius 3 is 2.29 bits per heavy atom. The average Bonchev–Trinajstić information content (AvgIpc) is 2.95. The molecule has 0 aliphatic heterocycles. The summed E-state index contributed by atoms with van der Waals surface area (Å²) in [5.41, 5.74) is 5.85. The van der Waals surface area contributed by atoms with Crippen molar-refractivity contribution >= 4 is 27.2 Å². The van der Waals surface area contributed by atoms with E-state index in [-0.39, 0.29) is 15.4 Å². The summed E-state index contributed by atoms with van der Waals surface area (Å²) in [6.45, 7) is 1.90. The van der Waals surface area contributed by atoms with Crippen LogP contribution in [0, 0.1) is 0 Å².